The molecule has 0 saturated carbocycles. The Morgan fingerprint density at radius 3 is 2.60 bits per heavy atom. The number of halogens is 4. The molecule has 1 atom stereocenters. The molecule has 1 aliphatic heterocycles. The maximum atomic E-state index is 12.9. The van der Waals surface area contributed by atoms with Crippen molar-refractivity contribution in [3.05, 3.63) is 28.8 Å². The fourth-order valence-corrected chi connectivity index (χ4v) is 4.14. The van der Waals surface area contributed by atoms with Crippen LogP contribution in [0.25, 0.3) is 0 Å². The van der Waals surface area contributed by atoms with Crippen LogP contribution in [0.3, 0.4) is 0 Å². The van der Waals surface area contributed by atoms with Crippen LogP contribution in [0.15, 0.2) is 23.2 Å². The van der Waals surface area contributed by atoms with E-state index in [0.29, 0.717) is 18.3 Å². The SMILES string of the molecule is CCCCN=C1S[C@@H](CC(=O)Nc2cc(C(F)(F)F)ccc2Cl)C(=O)N1CCCC. The third-order valence-electron chi connectivity index (χ3n) is 4.45. The number of unbranched alkanes of at least 4 members (excludes halogenated alkanes) is 2. The lowest BCUT2D eigenvalue weighted by Gasteiger charge is -2.16. The first-order valence-corrected chi connectivity index (χ1v) is 11.1. The molecule has 5 nitrogen and oxygen atoms in total. The number of alkyl halides is 3. The fourth-order valence-electron chi connectivity index (χ4n) is 2.78. The molecule has 1 aliphatic rings. The highest BCUT2D eigenvalue weighted by Crippen LogP contribution is 2.34. The van der Waals surface area contributed by atoms with E-state index in [1.54, 1.807) is 4.90 Å². The Hall–Kier alpha value is -1.74. The molecular formula is C20H25ClF3N3O2S. The molecule has 0 radical (unpaired) electrons. The van der Waals surface area contributed by atoms with E-state index < -0.39 is 22.9 Å². The molecule has 0 bridgehead atoms. The van der Waals surface area contributed by atoms with Crippen LogP contribution in [0, 0.1) is 0 Å². The van der Waals surface area contributed by atoms with Crippen molar-refractivity contribution in [1.29, 1.82) is 0 Å². The van der Waals surface area contributed by atoms with Crippen LogP contribution < -0.4 is 5.32 Å². The summed E-state index contributed by atoms with van der Waals surface area (Å²) in [6, 6.07) is 2.72. The summed E-state index contributed by atoms with van der Waals surface area (Å²) in [6.07, 6.45) is -1.11. The van der Waals surface area contributed by atoms with Crippen LogP contribution in [-0.4, -0.2) is 40.2 Å². The van der Waals surface area contributed by atoms with Crippen LogP contribution in [0.5, 0.6) is 0 Å². The molecule has 2 rings (SSSR count). The van der Waals surface area contributed by atoms with Crippen molar-refractivity contribution in [3.63, 3.8) is 0 Å². The maximum Gasteiger partial charge on any atom is 0.416 e. The number of nitrogens with zero attached hydrogens (tertiary/aromatic N) is 2. The lowest BCUT2D eigenvalue weighted by molar-refractivity contribution is -0.137. The number of benzene rings is 1. The Bertz CT molecular complexity index is 802. The summed E-state index contributed by atoms with van der Waals surface area (Å²) in [4.78, 5) is 31.3. The first-order chi connectivity index (χ1) is 14.2. The first kappa shape index (κ1) is 24.5. The number of hydrogen-bond donors (Lipinski definition) is 1. The van der Waals surface area contributed by atoms with E-state index in [2.05, 4.69) is 10.3 Å². The summed E-state index contributed by atoms with van der Waals surface area (Å²) in [5.74, 6) is -0.777. The lowest BCUT2D eigenvalue weighted by atomic mass is 10.2. The van der Waals surface area contributed by atoms with Crippen molar-refractivity contribution >= 4 is 46.0 Å². The van der Waals surface area contributed by atoms with Crippen LogP contribution in [0.1, 0.15) is 51.5 Å². The molecular weight excluding hydrogens is 439 g/mol. The zero-order valence-corrected chi connectivity index (χ0v) is 18.5. The minimum Gasteiger partial charge on any atom is -0.325 e. The molecule has 1 N–H and O–H groups in total. The van der Waals surface area contributed by atoms with Gasteiger partial charge in [-0.25, -0.2) is 0 Å². The lowest BCUT2D eigenvalue weighted by Crippen LogP contribution is -2.34. The van der Waals surface area contributed by atoms with Gasteiger partial charge in [0.2, 0.25) is 11.8 Å². The van der Waals surface area contributed by atoms with Gasteiger partial charge in [0.25, 0.3) is 0 Å². The zero-order valence-electron chi connectivity index (χ0n) is 16.9. The van der Waals surface area contributed by atoms with Gasteiger partial charge in [-0.3, -0.25) is 19.5 Å². The zero-order chi connectivity index (χ0) is 22.3. The molecule has 0 aliphatic carbocycles. The van der Waals surface area contributed by atoms with E-state index in [4.69, 9.17) is 11.6 Å². The van der Waals surface area contributed by atoms with E-state index in [1.165, 1.54) is 11.8 Å². The summed E-state index contributed by atoms with van der Waals surface area (Å²) in [7, 11) is 0. The molecule has 30 heavy (non-hydrogen) atoms. The number of hydrogen-bond acceptors (Lipinski definition) is 4. The number of rotatable bonds is 9. The van der Waals surface area contributed by atoms with Crippen LogP contribution in [-0.2, 0) is 15.8 Å². The topological polar surface area (TPSA) is 61.8 Å². The van der Waals surface area contributed by atoms with Gasteiger partial charge in [0, 0.05) is 19.5 Å². The van der Waals surface area contributed by atoms with E-state index >= 15 is 0 Å². The fraction of sp³-hybridized carbons (Fsp3) is 0.550. The minimum absolute atomic E-state index is 0.00635. The standard InChI is InChI=1S/C20H25ClF3N3O2S/c1-3-5-9-25-19-27(10-6-4-2)18(29)16(30-19)12-17(28)26-15-11-13(20(22,23)24)7-8-14(15)21/h7-8,11,16H,3-6,9-10,12H2,1-2H3,(H,26,28)/t16-/m0/s1. The van der Waals surface area contributed by atoms with Gasteiger partial charge >= 0.3 is 6.18 Å². The van der Waals surface area contributed by atoms with Crippen LogP contribution in [0.4, 0.5) is 18.9 Å². The van der Waals surface area contributed by atoms with Gasteiger partial charge in [-0.15, -0.1) is 0 Å². The number of nitrogens with one attached hydrogen (secondary N) is 1. The number of carbonyl (C=O) groups is 2. The smallest absolute Gasteiger partial charge is 0.325 e. The molecule has 1 saturated heterocycles. The van der Waals surface area contributed by atoms with E-state index in [1.807, 2.05) is 13.8 Å². The van der Waals surface area contributed by atoms with Gasteiger partial charge < -0.3 is 5.32 Å². The van der Waals surface area contributed by atoms with Crippen LogP contribution >= 0.6 is 23.4 Å². The Kier molecular flexibility index (Phi) is 9.03. The molecule has 2 amide bonds. The molecule has 1 aromatic carbocycles. The van der Waals surface area contributed by atoms with Gasteiger partial charge in [-0.1, -0.05) is 50.1 Å². The van der Waals surface area contributed by atoms with Crippen molar-refractivity contribution in [2.75, 3.05) is 18.4 Å². The third-order valence-corrected chi connectivity index (χ3v) is 6.00. The highest BCUT2D eigenvalue weighted by Gasteiger charge is 2.38. The molecule has 0 aromatic heterocycles. The largest absolute Gasteiger partial charge is 0.416 e. The predicted octanol–water partition coefficient (Wildman–Crippen LogP) is 5.59. The highest BCUT2D eigenvalue weighted by molar-refractivity contribution is 8.15. The molecule has 0 unspecified atom stereocenters. The predicted molar refractivity (Wildman–Crippen MR) is 115 cm³/mol. The monoisotopic (exact) mass is 463 g/mol. The summed E-state index contributed by atoms with van der Waals surface area (Å²) in [5.41, 5.74) is -1.05. The van der Waals surface area contributed by atoms with Crippen molar-refractivity contribution in [2.45, 2.75) is 57.4 Å². The van der Waals surface area contributed by atoms with Gasteiger partial charge in [0.05, 0.1) is 16.3 Å². The van der Waals surface area contributed by atoms with Gasteiger partial charge in [-0.2, -0.15) is 13.2 Å². The summed E-state index contributed by atoms with van der Waals surface area (Å²) in [5, 5.41) is 2.34. The highest BCUT2D eigenvalue weighted by atomic mass is 35.5. The molecule has 0 spiro atoms. The minimum atomic E-state index is -4.55. The Morgan fingerprint density at radius 1 is 1.27 bits per heavy atom. The van der Waals surface area contributed by atoms with Crippen molar-refractivity contribution in [3.8, 4) is 0 Å². The second-order valence-corrected chi connectivity index (χ2v) is 8.49. The number of aliphatic imine (C=N–C) groups is 1. The average molecular weight is 464 g/mol. The summed E-state index contributed by atoms with van der Waals surface area (Å²) < 4.78 is 38.7. The molecule has 1 fully saturated rings. The molecule has 10 heteroatoms. The summed E-state index contributed by atoms with van der Waals surface area (Å²) in [6.45, 7) is 5.21. The second-order valence-electron chi connectivity index (χ2n) is 6.91. The van der Waals surface area contributed by atoms with Crippen molar-refractivity contribution in [1.82, 2.24) is 4.90 Å². The third kappa shape index (κ3) is 6.63. The Balaban J connectivity index is 2.09. The number of amides is 2. The molecule has 1 aromatic rings. The number of anilines is 1. The van der Waals surface area contributed by atoms with E-state index in [0.717, 1.165) is 43.9 Å². The number of thioether (sulfide) groups is 1. The first-order valence-electron chi connectivity index (χ1n) is 9.86. The average Bonchev–Trinajstić information content (AvgIpc) is 2.96. The quantitative estimate of drug-likeness (QED) is 0.486. The van der Waals surface area contributed by atoms with Gasteiger partial charge in [0.15, 0.2) is 5.17 Å². The summed E-state index contributed by atoms with van der Waals surface area (Å²) >= 11 is 7.16. The number of amidine groups is 1. The Labute approximate surface area is 183 Å². The number of carbonyl (C=O) groups excluding carboxylic acids is 2. The van der Waals surface area contributed by atoms with Crippen molar-refractivity contribution < 1.29 is 22.8 Å². The molecule has 166 valence electrons. The van der Waals surface area contributed by atoms with Crippen molar-refractivity contribution in [2.24, 2.45) is 4.99 Å². The maximum absolute atomic E-state index is 12.9. The van der Waals surface area contributed by atoms with Crippen LogP contribution in [0.2, 0.25) is 5.02 Å². The second kappa shape index (κ2) is 11.0. The van der Waals surface area contributed by atoms with Gasteiger partial charge in [-0.05, 0) is 31.0 Å². The van der Waals surface area contributed by atoms with E-state index in [-0.39, 0.29) is 23.0 Å². The Morgan fingerprint density at radius 2 is 1.97 bits per heavy atom. The normalized spacial score (nSPS) is 18.3. The van der Waals surface area contributed by atoms with Gasteiger partial charge in [0.1, 0.15) is 5.25 Å². The molecule has 1 heterocycles. The van der Waals surface area contributed by atoms with E-state index in [9.17, 15) is 22.8 Å².